The van der Waals surface area contributed by atoms with Crippen LogP contribution in [0.4, 0.5) is 0 Å². The highest BCUT2D eigenvalue weighted by Gasteiger charge is 2.25. The van der Waals surface area contributed by atoms with Gasteiger partial charge in [-0.15, -0.1) is 0 Å². The molecular formula is C62H99NO7. The zero-order valence-corrected chi connectivity index (χ0v) is 44.9. The second kappa shape index (κ2) is 50.8. The number of allylic oxidation sites excluding steroid dienone is 22. The van der Waals surface area contributed by atoms with Crippen LogP contribution in [0.3, 0.4) is 0 Å². The van der Waals surface area contributed by atoms with E-state index >= 15 is 0 Å². The summed E-state index contributed by atoms with van der Waals surface area (Å²) in [5.41, 5.74) is 0. The lowest BCUT2D eigenvalue weighted by molar-refractivity contribution is -0.889. The molecule has 0 heterocycles. The van der Waals surface area contributed by atoms with Crippen LogP contribution in [0.25, 0.3) is 0 Å². The highest BCUT2D eigenvalue weighted by atomic mass is 16.6. The maximum Gasteiger partial charge on any atom is 0.306 e. The lowest BCUT2D eigenvalue weighted by Crippen LogP contribution is -2.55. The fourth-order valence-electron chi connectivity index (χ4n) is 7.16. The number of hydrogen-bond acceptors (Lipinski definition) is 7. The van der Waals surface area contributed by atoms with Gasteiger partial charge in [-0.1, -0.05) is 192 Å². The first kappa shape index (κ1) is 65.5. The summed E-state index contributed by atoms with van der Waals surface area (Å²) >= 11 is 0. The Bertz CT molecular complexity index is 1600. The summed E-state index contributed by atoms with van der Waals surface area (Å²) in [4.78, 5) is 37.1. The molecule has 0 bridgehead atoms. The average Bonchev–Trinajstić information content (AvgIpc) is 3.33. The largest absolute Gasteiger partial charge is 0.544 e. The van der Waals surface area contributed by atoms with Gasteiger partial charge >= 0.3 is 11.9 Å². The zero-order chi connectivity index (χ0) is 51.3. The van der Waals surface area contributed by atoms with Crippen LogP contribution in [0.5, 0.6) is 0 Å². The fraction of sp³-hybridized carbons (Fsp3) is 0.597. The Morgan fingerprint density at radius 1 is 0.429 bits per heavy atom. The van der Waals surface area contributed by atoms with Gasteiger partial charge in [-0.25, -0.2) is 0 Å². The van der Waals surface area contributed by atoms with E-state index in [4.69, 9.17) is 14.2 Å². The molecule has 8 heteroatoms. The minimum absolute atomic E-state index is 0.0168. The molecule has 2 unspecified atom stereocenters. The van der Waals surface area contributed by atoms with Gasteiger partial charge in [0.15, 0.2) is 6.10 Å². The van der Waals surface area contributed by atoms with E-state index in [9.17, 15) is 19.5 Å². The molecule has 70 heavy (non-hydrogen) atoms. The molecule has 0 saturated heterocycles. The summed E-state index contributed by atoms with van der Waals surface area (Å²) in [5, 5.41) is 11.7. The molecule has 0 aliphatic heterocycles. The molecule has 0 N–H and O–H groups in total. The first-order valence-electron chi connectivity index (χ1n) is 27.2. The maximum absolute atomic E-state index is 12.8. The van der Waals surface area contributed by atoms with E-state index in [1.165, 1.54) is 19.3 Å². The zero-order valence-electron chi connectivity index (χ0n) is 44.9. The van der Waals surface area contributed by atoms with E-state index in [-0.39, 0.29) is 49.1 Å². The third-order valence-electron chi connectivity index (χ3n) is 11.3. The van der Waals surface area contributed by atoms with E-state index in [0.29, 0.717) is 6.42 Å². The van der Waals surface area contributed by atoms with Gasteiger partial charge in [0, 0.05) is 19.3 Å². The summed E-state index contributed by atoms with van der Waals surface area (Å²) in [6, 6.07) is -0.743. The first-order chi connectivity index (χ1) is 34.1. The van der Waals surface area contributed by atoms with Crippen molar-refractivity contribution in [2.24, 2.45) is 0 Å². The molecule has 0 aromatic rings. The van der Waals surface area contributed by atoms with Crippen molar-refractivity contribution >= 4 is 17.9 Å². The predicted molar refractivity (Wildman–Crippen MR) is 295 cm³/mol. The SMILES string of the molecule is CC/C=C/C/C=C/C/C=C/C/C=C/C/C=C/C/C=C/CCCCCCC(=O)OC(COCCC(C(=O)[O-])[N+](C)(C)C)COC(=O)CCCCCCCCC/C=C/C/C=C/C/C=C/C/C=C/C/C=C/CC. The summed E-state index contributed by atoms with van der Waals surface area (Å²) in [6.07, 6.45) is 73.4. The van der Waals surface area contributed by atoms with E-state index in [0.717, 1.165) is 135 Å². The quantitative estimate of drug-likeness (QED) is 0.0259. The van der Waals surface area contributed by atoms with Gasteiger partial charge in [0.1, 0.15) is 12.6 Å². The molecule has 0 saturated carbocycles. The van der Waals surface area contributed by atoms with E-state index < -0.39 is 18.1 Å². The molecule has 0 aromatic carbocycles. The van der Waals surface area contributed by atoms with Crippen LogP contribution in [0.15, 0.2) is 134 Å². The maximum atomic E-state index is 12.8. The van der Waals surface area contributed by atoms with Gasteiger partial charge in [0.2, 0.25) is 0 Å². The number of aliphatic carboxylic acids is 1. The molecule has 8 nitrogen and oxygen atoms in total. The van der Waals surface area contributed by atoms with Crippen LogP contribution in [-0.4, -0.2) is 75.5 Å². The molecule has 0 spiro atoms. The minimum Gasteiger partial charge on any atom is -0.544 e. The smallest absolute Gasteiger partial charge is 0.306 e. The van der Waals surface area contributed by atoms with E-state index in [1.54, 1.807) is 21.1 Å². The topological polar surface area (TPSA) is 102 Å². The standard InChI is InChI=1S/C62H99NO7/c1-6-8-10-12-14-16-18-20-22-24-26-28-30-32-34-36-38-40-42-44-46-48-50-52-60(64)69-57-58(56-68-55-54-59(62(66)67)63(3,4)5)70-61(65)53-51-49-47-45-43-41-39-37-35-33-31-29-27-25-23-21-19-17-15-13-11-9-7-2/h8-11,14-17,20-23,26-29,32-35,39,41,58-59H,6-7,12-13,18-19,24-25,30-31,36-38,40,42-57H2,1-5H3/b10-8+,11-9+,16-14+,17-15+,22-20+,23-21+,28-26+,29-27+,34-32+,35-33+,41-39+. The summed E-state index contributed by atoms with van der Waals surface area (Å²) < 4.78 is 17.2. The Labute approximate surface area is 428 Å². The molecule has 2 atom stereocenters. The summed E-state index contributed by atoms with van der Waals surface area (Å²) in [5.74, 6) is -1.80. The minimum atomic E-state index is -1.14. The van der Waals surface area contributed by atoms with Crippen molar-refractivity contribution in [3.8, 4) is 0 Å². The Balaban J connectivity index is 4.33. The molecule has 0 aromatic heterocycles. The number of unbranched alkanes of at least 4 members (excludes halogenated alkanes) is 11. The molecule has 0 aliphatic rings. The van der Waals surface area contributed by atoms with Crippen LogP contribution in [0.1, 0.15) is 187 Å². The normalized spacial score (nSPS) is 13.9. The van der Waals surface area contributed by atoms with Crippen LogP contribution < -0.4 is 5.11 Å². The number of hydrogen-bond donors (Lipinski definition) is 0. The van der Waals surface area contributed by atoms with Gasteiger partial charge in [0.05, 0.1) is 40.3 Å². The van der Waals surface area contributed by atoms with Gasteiger partial charge < -0.3 is 28.6 Å². The number of carbonyl (C=O) groups excluding carboxylic acids is 3. The number of esters is 2. The van der Waals surface area contributed by atoms with Gasteiger partial charge in [-0.3, -0.25) is 9.59 Å². The number of likely N-dealkylation sites (N-methyl/N-ethyl adjacent to an activating group) is 1. The molecule has 0 radical (unpaired) electrons. The van der Waals surface area contributed by atoms with Gasteiger partial charge in [-0.2, -0.15) is 0 Å². The highest BCUT2D eigenvalue weighted by molar-refractivity contribution is 5.70. The molecular weight excluding hydrogens is 871 g/mol. The second-order valence-corrected chi connectivity index (χ2v) is 18.7. The Morgan fingerprint density at radius 2 is 0.757 bits per heavy atom. The van der Waals surface area contributed by atoms with E-state index in [1.807, 2.05) is 0 Å². The second-order valence-electron chi connectivity index (χ2n) is 18.7. The average molecular weight is 970 g/mol. The van der Waals surface area contributed by atoms with Crippen molar-refractivity contribution in [1.29, 1.82) is 0 Å². The van der Waals surface area contributed by atoms with Crippen LogP contribution in [0.2, 0.25) is 0 Å². The van der Waals surface area contributed by atoms with Crippen molar-refractivity contribution < 1.29 is 38.2 Å². The lowest BCUT2D eigenvalue weighted by atomic mass is 10.1. The van der Waals surface area contributed by atoms with Crippen molar-refractivity contribution in [2.75, 3.05) is 41.0 Å². The molecule has 0 aliphatic carbocycles. The molecule has 0 rings (SSSR count). The van der Waals surface area contributed by atoms with Crippen LogP contribution in [-0.2, 0) is 28.6 Å². The predicted octanol–water partition coefficient (Wildman–Crippen LogP) is 15.0. The van der Waals surface area contributed by atoms with Crippen molar-refractivity contribution in [2.45, 2.75) is 199 Å². The molecule has 0 fully saturated rings. The number of carboxylic acid groups (broad SMARTS) is 1. The van der Waals surface area contributed by atoms with Crippen LogP contribution in [0, 0.1) is 0 Å². The Hall–Kier alpha value is -4.53. The monoisotopic (exact) mass is 970 g/mol. The number of carbonyl (C=O) groups is 3. The number of nitrogens with zero attached hydrogens (tertiary/aromatic N) is 1. The summed E-state index contributed by atoms with van der Waals surface area (Å²) in [6.45, 7) is 4.38. The van der Waals surface area contributed by atoms with Crippen molar-refractivity contribution in [1.82, 2.24) is 0 Å². The van der Waals surface area contributed by atoms with Gasteiger partial charge in [-0.05, 0) is 109 Å². The van der Waals surface area contributed by atoms with Crippen molar-refractivity contribution in [3.05, 3.63) is 134 Å². The van der Waals surface area contributed by atoms with Crippen molar-refractivity contribution in [3.63, 3.8) is 0 Å². The Kier molecular flexibility index (Phi) is 47.6. The third kappa shape index (κ3) is 48.5. The summed E-state index contributed by atoms with van der Waals surface area (Å²) in [7, 11) is 5.39. The fourth-order valence-corrected chi connectivity index (χ4v) is 7.16. The third-order valence-corrected chi connectivity index (χ3v) is 11.3. The number of carboxylic acids is 1. The van der Waals surface area contributed by atoms with E-state index in [2.05, 4.69) is 148 Å². The molecule has 394 valence electrons. The van der Waals surface area contributed by atoms with Crippen LogP contribution >= 0.6 is 0 Å². The Morgan fingerprint density at radius 3 is 1.11 bits per heavy atom. The highest BCUT2D eigenvalue weighted by Crippen LogP contribution is 2.13. The number of ether oxygens (including phenoxy) is 3. The first-order valence-corrected chi connectivity index (χ1v) is 27.2. The molecule has 0 amide bonds. The number of rotatable bonds is 47. The lowest BCUT2D eigenvalue weighted by Gasteiger charge is -2.34. The number of quaternary nitrogens is 1. The van der Waals surface area contributed by atoms with Gasteiger partial charge in [0.25, 0.3) is 0 Å².